The van der Waals surface area contributed by atoms with Crippen molar-refractivity contribution < 1.29 is 18.0 Å². The van der Waals surface area contributed by atoms with Gasteiger partial charge in [0.05, 0.1) is 0 Å². The Kier molecular flexibility index (Phi) is 5.22. The van der Waals surface area contributed by atoms with E-state index in [9.17, 15) is 18.0 Å². The Morgan fingerprint density at radius 1 is 1.19 bits per heavy atom. The van der Waals surface area contributed by atoms with Gasteiger partial charge in [-0.15, -0.1) is 0 Å². The van der Waals surface area contributed by atoms with Crippen molar-refractivity contribution in [2.24, 2.45) is 0 Å². The van der Waals surface area contributed by atoms with Gasteiger partial charge in [-0.05, 0) is 24.8 Å². The average Bonchev–Trinajstić information content (AvgIpc) is 2.46. The summed E-state index contributed by atoms with van der Waals surface area (Å²) in [6, 6.07) is 9.72. The lowest BCUT2D eigenvalue weighted by Gasteiger charge is -2.32. The monoisotopic (exact) mass is 300 g/mol. The smallest absolute Gasteiger partial charge is 0.345 e. The largest absolute Gasteiger partial charge is 0.471 e. The highest BCUT2D eigenvalue weighted by molar-refractivity contribution is 5.81. The zero-order valence-corrected chi connectivity index (χ0v) is 11.7. The van der Waals surface area contributed by atoms with E-state index in [-0.39, 0.29) is 6.04 Å². The summed E-state index contributed by atoms with van der Waals surface area (Å²) < 4.78 is 36.5. The third kappa shape index (κ3) is 5.04. The Hall–Kier alpha value is -1.56. The summed E-state index contributed by atoms with van der Waals surface area (Å²) in [5.74, 6) is -1.83. The van der Waals surface area contributed by atoms with Gasteiger partial charge in [0.25, 0.3) is 0 Å². The highest BCUT2D eigenvalue weighted by Gasteiger charge is 2.39. The van der Waals surface area contributed by atoms with Crippen LogP contribution in [-0.4, -0.2) is 42.7 Å². The number of halogens is 3. The second kappa shape index (κ2) is 6.93. The summed E-state index contributed by atoms with van der Waals surface area (Å²) in [6.07, 6.45) is -2.72. The number of alkyl halides is 3. The molecule has 0 spiro atoms. The minimum Gasteiger partial charge on any atom is -0.345 e. The molecule has 1 N–H and O–H groups in total. The fourth-order valence-corrected chi connectivity index (χ4v) is 2.50. The summed E-state index contributed by atoms with van der Waals surface area (Å²) in [6.45, 7) is 2.33. The van der Waals surface area contributed by atoms with Crippen LogP contribution in [0.4, 0.5) is 13.2 Å². The number of carbonyl (C=O) groups excluding carboxylic acids is 1. The van der Waals surface area contributed by atoms with E-state index in [1.807, 2.05) is 18.2 Å². The summed E-state index contributed by atoms with van der Waals surface area (Å²) in [7, 11) is 0. The molecule has 0 aromatic heterocycles. The zero-order chi connectivity index (χ0) is 15.3. The summed E-state index contributed by atoms with van der Waals surface area (Å²) in [5.41, 5.74) is 1.25. The van der Waals surface area contributed by atoms with Gasteiger partial charge in [-0.1, -0.05) is 30.3 Å². The van der Waals surface area contributed by atoms with Gasteiger partial charge in [-0.2, -0.15) is 13.2 Å². The molecule has 1 aliphatic heterocycles. The van der Waals surface area contributed by atoms with Crippen molar-refractivity contribution in [3.63, 3.8) is 0 Å². The number of piperidine rings is 1. The fourth-order valence-electron chi connectivity index (χ4n) is 2.50. The van der Waals surface area contributed by atoms with Crippen LogP contribution in [0, 0.1) is 0 Å². The molecule has 0 unspecified atom stereocenters. The van der Waals surface area contributed by atoms with Crippen molar-refractivity contribution in [3.05, 3.63) is 35.9 Å². The molecule has 0 radical (unpaired) electrons. The molecule has 1 aromatic carbocycles. The lowest BCUT2D eigenvalue weighted by molar-refractivity contribution is -0.174. The van der Waals surface area contributed by atoms with Crippen LogP contribution in [-0.2, 0) is 11.2 Å². The number of benzene rings is 1. The molecule has 0 atom stereocenters. The molecule has 0 aliphatic carbocycles. The van der Waals surface area contributed by atoms with Crippen molar-refractivity contribution in [3.8, 4) is 0 Å². The summed E-state index contributed by atoms with van der Waals surface area (Å²) >= 11 is 0. The van der Waals surface area contributed by atoms with Crippen molar-refractivity contribution >= 4 is 5.91 Å². The zero-order valence-electron chi connectivity index (χ0n) is 11.7. The Morgan fingerprint density at radius 2 is 1.81 bits per heavy atom. The first-order chi connectivity index (χ1) is 9.95. The van der Waals surface area contributed by atoms with Gasteiger partial charge in [-0.3, -0.25) is 4.79 Å². The van der Waals surface area contributed by atoms with E-state index in [1.165, 1.54) is 5.56 Å². The van der Waals surface area contributed by atoms with Gasteiger partial charge in [-0.25, -0.2) is 0 Å². The summed E-state index contributed by atoms with van der Waals surface area (Å²) in [5, 5.41) is 2.06. The molecule has 6 heteroatoms. The average molecular weight is 300 g/mol. The molecule has 1 amide bonds. The third-order valence-electron chi connectivity index (χ3n) is 3.74. The Labute approximate surface area is 122 Å². The SMILES string of the molecule is O=C(NC1CCN(CCc2ccccc2)CC1)C(F)(F)F. The van der Waals surface area contributed by atoms with E-state index in [2.05, 4.69) is 22.3 Å². The molecule has 1 fully saturated rings. The molecule has 1 aliphatic rings. The van der Waals surface area contributed by atoms with Crippen molar-refractivity contribution in [1.29, 1.82) is 0 Å². The molecule has 2 rings (SSSR count). The van der Waals surface area contributed by atoms with E-state index in [1.54, 1.807) is 0 Å². The molecule has 21 heavy (non-hydrogen) atoms. The predicted molar refractivity (Wildman–Crippen MR) is 73.8 cm³/mol. The number of rotatable bonds is 4. The molecule has 1 heterocycles. The van der Waals surface area contributed by atoms with Gasteiger partial charge in [0, 0.05) is 25.7 Å². The van der Waals surface area contributed by atoms with Gasteiger partial charge >= 0.3 is 12.1 Å². The first kappa shape index (κ1) is 15.8. The molecule has 0 bridgehead atoms. The number of hydrogen-bond donors (Lipinski definition) is 1. The van der Waals surface area contributed by atoms with Crippen molar-refractivity contribution in [2.75, 3.05) is 19.6 Å². The molecule has 1 aromatic rings. The van der Waals surface area contributed by atoms with E-state index < -0.39 is 12.1 Å². The first-order valence-electron chi connectivity index (χ1n) is 7.09. The maximum atomic E-state index is 12.2. The molecule has 116 valence electrons. The number of nitrogens with one attached hydrogen (secondary N) is 1. The van der Waals surface area contributed by atoms with Crippen LogP contribution in [0.5, 0.6) is 0 Å². The van der Waals surface area contributed by atoms with E-state index >= 15 is 0 Å². The maximum Gasteiger partial charge on any atom is 0.471 e. The van der Waals surface area contributed by atoms with Crippen LogP contribution < -0.4 is 5.32 Å². The molecule has 1 saturated heterocycles. The number of amides is 1. The van der Waals surface area contributed by atoms with Crippen LogP contribution >= 0.6 is 0 Å². The van der Waals surface area contributed by atoms with E-state index in [4.69, 9.17) is 0 Å². The van der Waals surface area contributed by atoms with Crippen LogP contribution in [0.2, 0.25) is 0 Å². The summed E-state index contributed by atoms with van der Waals surface area (Å²) in [4.78, 5) is 13.1. The predicted octanol–water partition coefficient (Wildman–Crippen LogP) is 2.37. The van der Waals surface area contributed by atoms with Crippen LogP contribution in [0.1, 0.15) is 18.4 Å². The Bertz CT molecular complexity index is 454. The standard InChI is InChI=1S/C15H19F3N2O/c16-15(17,18)14(21)19-13-7-10-20(11-8-13)9-6-12-4-2-1-3-5-12/h1-5,13H,6-11H2,(H,19,21). The number of nitrogens with zero attached hydrogens (tertiary/aromatic N) is 1. The highest BCUT2D eigenvalue weighted by Crippen LogP contribution is 2.17. The highest BCUT2D eigenvalue weighted by atomic mass is 19.4. The van der Waals surface area contributed by atoms with Crippen molar-refractivity contribution in [2.45, 2.75) is 31.5 Å². The van der Waals surface area contributed by atoms with Gasteiger partial charge < -0.3 is 10.2 Å². The van der Waals surface area contributed by atoms with Gasteiger partial charge in [0.2, 0.25) is 0 Å². The Balaban J connectivity index is 1.70. The van der Waals surface area contributed by atoms with Crippen LogP contribution in [0.15, 0.2) is 30.3 Å². The second-order valence-corrected chi connectivity index (χ2v) is 5.32. The maximum absolute atomic E-state index is 12.2. The molecular formula is C15H19F3N2O. The minimum atomic E-state index is -4.79. The number of hydrogen-bond acceptors (Lipinski definition) is 2. The van der Waals surface area contributed by atoms with E-state index in [0.29, 0.717) is 12.8 Å². The van der Waals surface area contributed by atoms with E-state index in [0.717, 1.165) is 26.1 Å². The number of carbonyl (C=O) groups is 1. The topological polar surface area (TPSA) is 32.3 Å². The fraction of sp³-hybridized carbons (Fsp3) is 0.533. The quantitative estimate of drug-likeness (QED) is 0.926. The third-order valence-corrected chi connectivity index (χ3v) is 3.74. The number of likely N-dealkylation sites (tertiary alicyclic amines) is 1. The molecule has 0 saturated carbocycles. The van der Waals surface area contributed by atoms with Gasteiger partial charge in [0.1, 0.15) is 0 Å². The second-order valence-electron chi connectivity index (χ2n) is 5.32. The lowest BCUT2D eigenvalue weighted by atomic mass is 10.0. The van der Waals surface area contributed by atoms with Crippen LogP contribution in [0.25, 0.3) is 0 Å². The Morgan fingerprint density at radius 3 is 2.38 bits per heavy atom. The van der Waals surface area contributed by atoms with Gasteiger partial charge in [0.15, 0.2) is 0 Å². The lowest BCUT2D eigenvalue weighted by Crippen LogP contribution is -2.48. The normalized spacial score (nSPS) is 17.7. The van der Waals surface area contributed by atoms with Crippen LogP contribution in [0.3, 0.4) is 0 Å². The first-order valence-corrected chi connectivity index (χ1v) is 7.09. The minimum absolute atomic E-state index is 0.368. The molecule has 3 nitrogen and oxygen atoms in total. The van der Waals surface area contributed by atoms with Crippen molar-refractivity contribution in [1.82, 2.24) is 10.2 Å². The molecular weight excluding hydrogens is 281 g/mol.